The number of fused-ring (bicyclic) bond motifs is 1. The predicted molar refractivity (Wildman–Crippen MR) is 73.1 cm³/mol. The molecule has 0 spiro atoms. The van der Waals surface area contributed by atoms with Gasteiger partial charge in [0.25, 0.3) is 5.56 Å². The van der Waals surface area contributed by atoms with Gasteiger partial charge < -0.3 is 5.32 Å². The second kappa shape index (κ2) is 4.78. The summed E-state index contributed by atoms with van der Waals surface area (Å²) in [5, 5.41) is 8.36. The lowest BCUT2D eigenvalue weighted by Crippen LogP contribution is -2.38. The molecule has 2 aromatic heterocycles. The third-order valence-electron chi connectivity index (χ3n) is 3.03. The van der Waals surface area contributed by atoms with E-state index in [0.717, 1.165) is 17.1 Å². The van der Waals surface area contributed by atoms with Gasteiger partial charge in [-0.05, 0) is 27.2 Å². The van der Waals surface area contributed by atoms with E-state index in [1.807, 2.05) is 6.92 Å². The Morgan fingerprint density at radius 1 is 1.50 bits per heavy atom. The first-order valence-electron chi connectivity index (χ1n) is 6.03. The fraction of sp³-hybridized carbons (Fsp3) is 0.583. The Balaban J connectivity index is 2.27. The second-order valence-electron chi connectivity index (χ2n) is 4.99. The molecule has 2 aromatic rings. The smallest absolute Gasteiger partial charge is 0.275 e. The molecule has 0 aromatic carbocycles. The first-order valence-corrected chi connectivity index (χ1v) is 6.84. The van der Waals surface area contributed by atoms with E-state index < -0.39 is 0 Å². The molecule has 0 saturated carbocycles. The molecule has 0 bridgehead atoms. The molecule has 0 unspecified atom stereocenters. The molecular weight excluding hydrogens is 248 g/mol. The summed E-state index contributed by atoms with van der Waals surface area (Å²) in [6.07, 6.45) is 1.02. The largest absolute Gasteiger partial charge is 0.306 e. The van der Waals surface area contributed by atoms with Gasteiger partial charge in [-0.1, -0.05) is 18.3 Å². The molecule has 1 N–H and O–H groups in total. The standard InChI is InChI=1S/C12H18N4OS/c1-5-12(3,4)13-7-9-6-10(17)16-11(14-9)18-8(2)15-16/h6,13H,5,7H2,1-4H3. The highest BCUT2D eigenvalue weighted by atomic mass is 32.1. The van der Waals surface area contributed by atoms with Crippen LogP contribution in [0.25, 0.3) is 4.96 Å². The molecule has 98 valence electrons. The molecule has 18 heavy (non-hydrogen) atoms. The average molecular weight is 266 g/mol. The van der Waals surface area contributed by atoms with Crippen LogP contribution in [-0.4, -0.2) is 20.1 Å². The minimum Gasteiger partial charge on any atom is -0.306 e. The Morgan fingerprint density at radius 3 is 2.89 bits per heavy atom. The van der Waals surface area contributed by atoms with Crippen molar-refractivity contribution in [1.29, 1.82) is 0 Å². The highest BCUT2D eigenvalue weighted by Gasteiger charge is 2.14. The van der Waals surface area contributed by atoms with Crippen molar-refractivity contribution in [2.24, 2.45) is 0 Å². The molecule has 0 aliphatic heterocycles. The summed E-state index contributed by atoms with van der Waals surface area (Å²) in [4.78, 5) is 17.0. The number of nitrogens with one attached hydrogen (secondary N) is 1. The molecule has 0 atom stereocenters. The number of nitrogens with zero attached hydrogens (tertiary/aromatic N) is 3. The fourth-order valence-corrected chi connectivity index (χ4v) is 2.26. The Hall–Kier alpha value is -1.27. The van der Waals surface area contributed by atoms with E-state index in [0.29, 0.717) is 11.5 Å². The van der Waals surface area contributed by atoms with Gasteiger partial charge in [0, 0.05) is 18.2 Å². The maximum absolute atomic E-state index is 11.8. The van der Waals surface area contributed by atoms with Crippen LogP contribution in [0.1, 0.15) is 37.9 Å². The van der Waals surface area contributed by atoms with E-state index in [2.05, 4.69) is 36.2 Å². The van der Waals surface area contributed by atoms with E-state index in [9.17, 15) is 4.79 Å². The van der Waals surface area contributed by atoms with Gasteiger partial charge in [-0.3, -0.25) is 4.79 Å². The number of hydrogen-bond donors (Lipinski definition) is 1. The maximum atomic E-state index is 11.8. The van der Waals surface area contributed by atoms with Crippen LogP contribution < -0.4 is 10.9 Å². The Kier molecular flexibility index (Phi) is 3.49. The molecule has 6 heteroatoms. The van der Waals surface area contributed by atoms with Gasteiger partial charge in [-0.25, -0.2) is 4.98 Å². The van der Waals surface area contributed by atoms with Gasteiger partial charge in [0.2, 0.25) is 4.96 Å². The lowest BCUT2D eigenvalue weighted by Gasteiger charge is -2.24. The quantitative estimate of drug-likeness (QED) is 0.915. The van der Waals surface area contributed by atoms with Gasteiger partial charge in [-0.15, -0.1) is 0 Å². The lowest BCUT2D eigenvalue weighted by molar-refractivity contribution is 0.372. The molecule has 0 aliphatic rings. The van der Waals surface area contributed by atoms with Crippen molar-refractivity contribution in [3.63, 3.8) is 0 Å². The minimum absolute atomic E-state index is 0.0520. The number of hydrogen-bond acceptors (Lipinski definition) is 5. The lowest BCUT2D eigenvalue weighted by atomic mass is 10.0. The van der Waals surface area contributed by atoms with Gasteiger partial charge in [-0.2, -0.15) is 9.61 Å². The van der Waals surface area contributed by atoms with Crippen LogP contribution in [0.5, 0.6) is 0 Å². The Labute approximate surface area is 110 Å². The second-order valence-corrected chi connectivity index (χ2v) is 6.15. The van der Waals surface area contributed by atoms with E-state index in [1.54, 1.807) is 6.07 Å². The average Bonchev–Trinajstić information content (AvgIpc) is 2.68. The molecule has 0 saturated heterocycles. The number of aromatic nitrogens is 3. The van der Waals surface area contributed by atoms with Crippen molar-refractivity contribution >= 4 is 16.3 Å². The molecular formula is C12H18N4OS. The topological polar surface area (TPSA) is 59.3 Å². The summed E-state index contributed by atoms with van der Waals surface area (Å²) in [7, 11) is 0. The first kappa shape index (κ1) is 13.2. The monoisotopic (exact) mass is 266 g/mol. The zero-order chi connectivity index (χ0) is 13.3. The summed E-state index contributed by atoms with van der Waals surface area (Å²) in [6, 6.07) is 1.55. The van der Waals surface area contributed by atoms with Gasteiger partial charge in [0.15, 0.2) is 0 Å². The summed E-state index contributed by atoms with van der Waals surface area (Å²) in [5.74, 6) is 0. The molecule has 2 rings (SSSR count). The van der Waals surface area contributed by atoms with Crippen molar-refractivity contribution < 1.29 is 0 Å². The molecule has 0 amide bonds. The van der Waals surface area contributed by atoms with Gasteiger partial charge >= 0.3 is 0 Å². The van der Waals surface area contributed by atoms with E-state index in [-0.39, 0.29) is 11.1 Å². The van der Waals surface area contributed by atoms with Gasteiger partial charge in [0.05, 0.1) is 5.69 Å². The van der Waals surface area contributed by atoms with Crippen LogP contribution >= 0.6 is 11.3 Å². The molecule has 2 heterocycles. The van der Waals surface area contributed by atoms with Crippen LogP contribution in [-0.2, 0) is 6.54 Å². The fourth-order valence-electron chi connectivity index (χ4n) is 1.50. The zero-order valence-corrected chi connectivity index (χ0v) is 12.0. The van der Waals surface area contributed by atoms with Crippen molar-refractivity contribution in [2.45, 2.75) is 46.2 Å². The molecule has 0 fully saturated rings. The summed E-state index contributed by atoms with van der Waals surface area (Å²) >= 11 is 1.43. The summed E-state index contributed by atoms with van der Waals surface area (Å²) in [6.45, 7) is 8.87. The minimum atomic E-state index is -0.115. The highest BCUT2D eigenvalue weighted by molar-refractivity contribution is 7.16. The maximum Gasteiger partial charge on any atom is 0.275 e. The number of aryl methyl sites for hydroxylation is 1. The summed E-state index contributed by atoms with van der Waals surface area (Å²) in [5.41, 5.74) is 0.705. The van der Waals surface area contributed by atoms with Crippen LogP contribution in [0.4, 0.5) is 0 Å². The third kappa shape index (κ3) is 2.76. The van der Waals surface area contributed by atoms with Gasteiger partial charge in [0.1, 0.15) is 5.01 Å². The Morgan fingerprint density at radius 2 is 2.22 bits per heavy atom. The van der Waals surface area contributed by atoms with Crippen LogP contribution in [0.15, 0.2) is 10.9 Å². The van der Waals surface area contributed by atoms with Crippen LogP contribution in [0, 0.1) is 6.92 Å². The third-order valence-corrected chi connectivity index (χ3v) is 3.85. The highest BCUT2D eigenvalue weighted by Crippen LogP contribution is 2.11. The zero-order valence-electron chi connectivity index (χ0n) is 11.1. The van der Waals surface area contributed by atoms with E-state index >= 15 is 0 Å². The molecule has 0 aliphatic carbocycles. The van der Waals surface area contributed by atoms with Crippen molar-refractivity contribution in [3.8, 4) is 0 Å². The SMILES string of the molecule is CCC(C)(C)NCc1cc(=O)n2nc(C)sc2n1. The first-order chi connectivity index (χ1) is 8.41. The van der Waals surface area contributed by atoms with E-state index in [1.165, 1.54) is 15.9 Å². The van der Waals surface area contributed by atoms with Crippen molar-refractivity contribution in [2.75, 3.05) is 0 Å². The Bertz CT molecular complexity index is 614. The predicted octanol–water partition coefficient (Wildman–Crippen LogP) is 1.74. The van der Waals surface area contributed by atoms with Crippen LogP contribution in [0.2, 0.25) is 0 Å². The van der Waals surface area contributed by atoms with Crippen molar-refractivity contribution in [1.82, 2.24) is 19.9 Å². The molecule has 5 nitrogen and oxygen atoms in total. The summed E-state index contributed by atoms with van der Waals surface area (Å²) < 4.78 is 1.36. The number of rotatable bonds is 4. The van der Waals surface area contributed by atoms with Crippen molar-refractivity contribution in [3.05, 3.63) is 27.1 Å². The van der Waals surface area contributed by atoms with Crippen LogP contribution in [0.3, 0.4) is 0 Å². The molecule has 0 radical (unpaired) electrons. The normalized spacial score (nSPS) is 12.2. The van der Waals surface area contributed by atoms with E-state index in [4.69, 9.17) is 0 Å².